The highest BCUT2D eigenvalue weighted by Gasteiger charge is 2.10. The van der Waals surface area contributed by atoms with Crippen LogP contribution in [0.1, 0.15) is 10.4 Å². The van der Waals surface area contributed by atoms with Crippen LogP contribution in [0.2, 0.25) is 5.02 Å². The number of pyridine rings is 1. The van der Waals surface area contributed by atoms with Crippen molar-refractivity contribution in [3.05, 3.63) is 47.1 Å². The predicted octanol–water partition coefficient (Wildman–Crippen LogP) is 2.33. The monoisotopic (exact) mass is 288 g/mol. The van der Waals surface area contributed by atoms with Crippen molar-refractivity contribution in [2.24, 2.45) is 0 Å². The van der Waals surface area contributed by atoms with Crippen molar-refractivity contribution in [2.75, 3.05) is 5.73 Å². The second kappa shape index (κ2) is 4.50. The third-order valence-electron chi connectivity index (χ3n) is 2.88. The number of hydrogen-bond acceptors (Lipinski definition) is 4. The lowest BCUT2D eigenvalue weighted by molar-refractivity contribution is 0.0697. The topological polar surface area (TPSA) is 93.5 Å². The summed E-state index contributed by atoms with van der Waals surface area (Å²) >= 11 is 5.96. The fraction of sp³-hybridized carbons (Fsp3) is 0. The summed E-state index contributed by atoms with van der Waals surface area (Å²) in [6.07, 6.45) is 1.75. The predicted molar refractivity (Wildman–Crippen MR) is 74.8 cm³/mol. The standard InChI is InChI=1S/C13H9ClN4O2/c14-10-5-7(1-3-9(10)12(19)20)8-2-4-11-16-13(15)17-18(11)6-8/h1-6H,(H2,15,17)(H,19,20). The van der Waals surface area contributed by atoms with Gasteiger partial charge in [-0.1, -0.05) is 17.7 Å². The molecule has 0 unspecified atom stereocenters. The van der Waals surface area contributed by atoms with E-state index in [2.05, 4.69) is 10.1 Å². The van der Waals surface area contributed by atoms with Gasteiger partial charge in [-0.25, -0.2) is 9.31 Å². The molecular formula is C13H9ClN4O2. The quantitative estimate of drug-likeness (QED) is 0.755. The van der Waals surface area contributed by atoms with E-state index in [1.165, 1.54) is 6.07 Å². The molecule has 0 fully saturated rings. The Morgan fingerprint density at radius 1 is 1.25 bits per heavy atom. The van der Waals surface area contributed by atoms with Crippen molar-refractivity contribution >= 4 is 29.2 Å². The van der Waals surface area contributed by atoms with E-state index in [1.807, 2.05) is 6.07 Å². The van der Waals surface area contributed by atoms with Crippen molar-refractivity contribution in [2.45, 2.75) is 0 Å². The van der Waals surface area contributed by atoms with Crippen LogP contribution >= 0.6 is 11.6 Å². The van der Waals surface area contributed by atoms with Gasteiger partial charge in [0.2, 0.25) is 5.95 Å². The number of carbonyl (C=O) groups is 1. The molecule has 0 radical (unpaired) electrons. The minimum Gasteiger partial charge on any atom is -0.478 e. The van der Waals surface area contributed by atoms with Gasteiger partial charge in [-0.05, 0) is 29.8 Å². The number of nitrogen functional groups attached to an aromatic ring is 1. The van der Waals surface area contributed by atoms with Crippen molar-refractivity contribution in [3.63, 3.8) is 0 Å². The van der Waals surface area contributed by atoms with E-state index in [9.17, 15) is 4.79 Å². The molecular weight excluding hydrogens is 280 g/mol. The van der Waals surface area contributed by atoms with E-state index < -0.39 is 5.97 Å². The SMILES string of the molecule is Nc1nc2ccc(-c3ccc(C(=O)O)c(Cl)c3)cn2n1. The van der Waals surface area contributed by atoms with Gasteiger partial charge in [-0.2, -0.15) is 4.98 Å². The Bertz CT molecular complexity index is 828. The summed E-state index contributed by atoms with van der Waals surface area (Å²) in [6, 6.07) is 8.39. The molecule has 3 N–H and O–H groups in total. The third-order valence-corrected chi connectivity index (χ3v) is 3.19. The van der Waals surface area contributed by atoms with Crippen molar-refractivity contribution < 1.29 is 9.90 Å². The third kappa shape index (κ3) is 2.06. The maximum absolute atomic E-state index is 10.9. The Hall–Kier alpha value is -2.60. The highest BCUT2D eigenvalue weighted by Crippen LogP contribution is 2.26. The van der Waals surface area contributed by atoms with Crippen LogP contribution in [-0.4, -0.2) is 25.7 Å². The van der Waals surface area contributed by atoms with Gasteiger partial charge in [-0.15, -0.1) is 5.10 Å². The van der Waals surface area contributed by atoms with Crippen LogP contribution in [0.5, 0.6) is 0 Å². The first kappa shape index (κ1) is 12.4. The molecule has 0 atom stereocenters. The van der Waals surface area contributed by atoms with E-state index in [0.717, 1.165) is 11.1 Å². The number of aromatic carboxylic acids is 1. The second-order valence-electron chi connectivity index (χ2n) is 4.19. The second-order valence-corrected chi connectivity index (χ2v) is 4.60. The van der Waals surface area contributed by atoms with E-state index in [0.29, 0.717) is 5.65 Å². The summed E-state index contributed by atoms with van der Waals surface area (Å²) < 4.78 is 1.56. The zero-order valence-corrected chi connectivity index (χ0v) is 10.9. The number of carboxylic acids is 1. The molecule has 0 spiro atoms. The molecule has 0 amide bonds. The molecule has 0 saturated heterocycles. The zero-order chi connectivity index (χ0) is 14.3. The number of aromatic nitrogens is 3. The average Bonchev–Trinajstić information content (AvgIpc) is 2.77. The van der Waals surface area contributed by atoms with Crippen molar-refractivity contribution in [1.29, 1.82) is 0 Å². The van der Waals surface area contributed by atoms with Gasteiger partial charge in [0.05, 0.1) is 10.6 Å². The summed E-state index contributed by atoms with van der Waals surface area (Å²) in [7, 11) is 0. The first-order valence-corrected chi connectivity index (χ1v) is 6.07. The zero-order valence-electron chi connectivity index (χ0n) is 10.1. The molecule has 7 heteroatoms. The number of anilines is 1. The number of carboxylic acid groups (broad SMARTS) is 1. The number of benzene rings is 1. The molecule has 0 bridgehead atoms. The Balaban J connectivity index is 2.10. The van der Waals surface area contributed by atoms with Gasteiger partial charge in [0, 0.05) is 11.8 Å². The van der Waals surface area contributed by atoms with Crippen LogP contribution in [0, 0.1) is 0 Å². The number of rotatable bonds is 2. The summed E-state index contributed by atoms with van der Waals surface area (Å²) in [4.78, 5) is 15.0. The first-order valence-electron chi connectivity index (χ1n) is 5.70. The van der Waals surface area contributed by atoms with Crippen LogP contribution in [0.3, 0.4) is 0 Å². The van der Waals surface area contributed by atoms with Gasteiger partial charge >= 0.3 is 5.97 Å². The lowest BCUT2D eigenvalue weighted by Crippen LogP contribution is -1.97. The Morgan fingerprint density at radius 3 is 2.70 bits per heavy atom. The molecule has 100 valence electrons. The summed E-state index contributed by atoms with van der Waals surface area (Å²) in [6.45, 7) is 0. The number of hydrogen-bond donors (Lipinski definition) is 2. The number of fused-ring (bicyclic) bond motifs is 1. The molecule has 3 aromatic rings. The Kier molecular flexibility index (Phi) is 2.80. The lowest BCUT2D eigenvalue weighted by Gasteiger charge is -2.05. The molecule has 0 aliphatic carbocycles. The summed E-state index contributed by atoms with van der Waals surface area (Å²) in [5.41, 5.74) is 7.86. The number of halogens is 1. The average molecular weight is 289 g/mol. The maximum Gasteiger partial charge on any atom is 0.337 e. The Labute approximate surface area is 118 Å². The molecule has 2 aromatic heterocycles. The van der Waals surface area contributed by atoms with Crippen LogP contribution < -0.4 is 5.73 Å². The highest BCUT2D eigenvalue weighted by atomic mass is 35.5. The number of nitrogens with two attached hydrogens (primary N) is 1. The maximum atomic E-state index is 10.9. The molecule has 1 aromatic carbocycles. The molecule has 0 aliphatic rings. The van der Waals surface area contributed by atoms with E-state index in [4.69, 9.17) is 22.4 Å². The van der Waals surface area contributed by atoms with Crippen LogP contribution in [0.25, 0.3) is 16.8 Å². The first-order chi connectivity index (χ1) is 9.54. The molecule has 6 nitrogen and oxygen atoms in total. The van der Waals surface area contributed by atoms with Gasteiger partial charge < -0.3 is 10.8 Å². The van der Waals surface area contributed by atoms with Gasteiger partial charge in [-0.3, -0.25) is 0 Å². The van der Waals surface area contributed by atoms with Gasteiger partial charge in [0.1, 0.15) is 0 Å². The molecule has 20 heavy (non-hydrogen) atoms. The van der Waals surface area contributed by atoms with Crippen LogP contribution in [0.4, 0.5) is 5.95 Å². The molecule has 2 heterocycles. The molecule has 3 rings (SSSR count). The van der Waals surface area contributed by atoms with Crippen LogP contribution in [0.15, 0.2) is 36.5 Å². The fourth-order valence-corrected chi connectivity index (χ4v) is 2.20. The largest absolute Gasteiger partial charge is 0.478 e. The molecule has 0 saturated carbocycles. The van der Waals surface area contributed by atoms with Crippen LogP contribution in [-0.2, 0) is 0 Å². The Morgan fingerprint density at radius 2 is 2.00 bits per heavy atom. The minimum absolute atomic E-state index is 0.0708. The highest BCUT2D eigenvalue weighted by molar-refractivity contribution is 6.33. The van der Waals surface area contributed by atoms with E-state index >= 15 is 0 Å². The van der Waals surface area contributed by atoms with Crippen molar-refractivity contribution in [1.82, 2.24) is 14.6 Å². The summed E-state index contributed by atoms with van der Waals surface area (Å²) in [5, 5.41) is 13.2. The van der Waals surface area contributed by atoms with Gasteiger partial charge in [0.25, 0.3) is 0 Å². The minimum atomic E-state index is -1.05. The van der Waals surface area contributed by atoms with Crippen molar-refractivity contribution in [3.8, 4) is 11.1 Å². The molecule has 0 aliphatic heterocycles. The smallest absolute Gasteiger partial charge is 0.337 e. The van der Waals surface area contributed by atoms with Gasteiger partial charge in [0.15, 0.2) is 5.65 Å². The summed E-state index contributed by atoms with van der Waals surface area (Å²) in [5.74, 6) is -0.859. The lowest BCUT2D eigenvalue weighted by atomic mass is 10.1. The normalized spacial score (nSPS) is 10.8. The van der Waals surface area contributed by atoms with E-state index in [-0.39, 0.29) is 16.5 Å². The fourth-order valence-electron chi connectivity index (χ4n) is 1.94. The van der Waals surface area contributed by atoms with E-state index in [1.54, 1.807) is 28.9 Å². The number of nitrogens with zero attached hydrogens (tertiary/aromatic N) is 3.